The summed E-state index contributed by atoms with van der Waals surface area (Å²) in [6, 6.07) is 0. The maximum Gasteiger partial charge on any atom is 0.192 e. The molecular formula is C32H58O2Si. The Balaban J connectivity index is 1.28. The highest BCUT2D eigenvalue weighted by Crippen LogP contribution is 2.68. The van der Waals surface area contributed by atoms with E-state index in [2.05, 4.69) is 47.7 Å². The molecule has 0 heterocycles. The summed E-state index contributed by atoms with van der Waals surface area (Å²) in [6.45, 7) is 17.4. The highest BCUT2D eigenvalue weighted by atomic mass is 28.4. The van der Waals surface area contributed by atoms with Crippen LogP contribution in [0.5, 0.6) is 0 Å². The molecule has 0 aromatic carbocycles. The monoisotopic (exact) mass is 502 g/mol. The van der Waals surface area contributed by atoms with Gasteiger partial charge in [-0.05, 0) is 123 Å². The SMILES string of the molecule is CC(C)(C)[Si](C)(C)O[C@H]1CC[C@H]2[C@@H]3CC[C@H]4C[C@@](O)(CC5CCCCC5)CC[C@]4(C)[C@H]3CC[C@]12C. The van der Waals surface area contributed by atoms with Gasteiger partial charge in [0.15, 0.2) is 8.32 Å². The summed E-state index contributed by atoms with van der Waals surface area (Å²) in [5.41, 5.74) is 0.481. The van der Waals surface area contributed by atoms with Crippen LogP contribution in [0.1, 0.15) is 131 Å². The highest BCUT2D eigenvalue weighted by Gasteiger charge is 2.62. The van der Waals surface area contributed by atoms with Crippen molar-refractivity contribution in [3.05, 3.63) is 0 Å². The minimum atomic E-state index is -1.74. The topological polar surface area (TPSA) is 29.5 Å². The second-order valence-corrected chi connectivity index (χ2v) is 21.0. The Morgan fingerprint density at radius 1 is 0.800 bits per heavy atom. The van der Waals surface area contributed by atoms with E-state index < -0.39 is 8.32 Å². The first-order valence-electron chi connectivity index (χ1n) is 15.7. The van der Waals surface area contributed by atoms with Crippen LogP contribution < -0.4 is 0 Å². The van der Waals surface area contributed by atoms with Gasteiger partial charge in [0, 0.05) is 0 Å². The van der Waals surface area contributed by atoms with Gasteiger partial charge in [0.25, 0.3) is 0 Å². The zero-order valence-electron chi connectivity index (χ0n) is 24.4. The van der Waals surface area contributed by atoms with E-state index in [9.17, 15) is 5.11 Å². The van der Waals surface area contributed by atoms with Crippen molar-refractivity contribution in [1.29, 1.82) is 0 Å². The molecule has 0 radical (unpaired) electrons. The van der Waals surface area contributed by atoms with E-state index in [1.807, 2.05) is 0 Å². The molecular weight excluding hydrogens is 444 g/mol. The fourth-order valence-corrected chi connectivity index (χ4v) is 11.6. The molecule has 202 valence electrons. The molecule has 0 spiro atoms. The summed E-state index contributed by atoms with van der Waals surface area (Å²) in [5, 5.41) is 12.1. The van der Waals surface area contributed by atoms with E-state index in [-0.39, 0.29) is 5.60 Å². The minimum absolute atomic E-state index is 0.292. The first-order valence-corrected chi connectivity index (χ1v) is 18.6. The molecule has 1 N–H and O–H groups in total. The van der Waals surface area contributed by atoms with E-state index in [0.717, 1.165) is 48.9 Å². The van der Waals surface area contributed by atoms with Crippen LogP contribution in [0.2, 0.25) is 18.1 Å². The van der Waals surface area contributed by atoms with Crippen molar-refractivity contribution in [2.45, 2.75) is 161 Å². The van der Waals surface area contributed by atoms with Gasteiger partial charge in [-0.3, -0.25) is 0 Å². The number of hydrogen-bond acceptors (Lipinski definition) is 2. The summed E-state index contributed by atoms with van der Waals surface area (Å²) in [6.07, 6.45) is 20.2. The van der Waals surface area contributed by atoms with Crippen LogP contribution in [0.25, 0.3) is 0 Å². The van der Waals surface area contributed by atoms with E-state index in [0.29, 0.717) is 22.0 Å². The van der Waals surface area contributed by atoms with Gasteiger partial charge in [0.2, 0.25) is 0 Å². The van der Waals surface area contributed by atoms with Crippen LogP contribution in [0.4, 0.5) is 0 Å². The molecule has 8 atom stereocenters. The van der Waals surface area contributed by atoms with Crippen LogP contribution in [0.15, 0.2) is 0 Å². The van der Waals surface area contributed by atoms with E-state index in [4.69, 9.17) is 4.43 Å². The van der Waals surface area contributed by atoms with Gasteiger partial charge in [-0.25, -0.2) is 0 Å². The number of hydrogen-bond donors (Lipinski definition) is 1. The number of rotatable bonds is 4. The third kappa shape index (κ3) is 4.64. The standard InChI is InChI=1S/C32H58O2Si/c1-29(2,3)35(6,7)34-28-16-15-26-25-14-13-24-22-32(33,21-23-11-9-8-10-12-23)20-19-30(24,4)27(25)17-18-31(26,28)5/h23-28,33H,8-22H2,1-7H3/t24-,25-,26-,27-,28-,30-,31-,32-/m0/s1. The molecule has 3 heteroatoms. The third-order valence-corrected chi connectivity index (χ3v) is 17.9. The lowest BCUT2D eigenvalue weighted by Gasteiger charge is -2.62. The molecule has 35 heavy (non-hydrogen) atoms. The first kappa shape index (κ1) is 26.7. The van der Waals surface area contributed by atoms with Gasteiger partial charge in [0.05, 0.1) is 11.7 Å². The summed E-state index contributed by atoms with van der Waals surface area (Å²) in [5.74, 6) is 4.17. The maximum absolute atomic E-state index is 11.8. The predicted octanol–water partition coefficient (Wildman–Crippen LogP) is 9.12. The van der Waals surface area contributed by atoms with Gasteiger partial charge >= 0.3 is 0 Å². The average molecular weight is 503 g/mol. The van der Waals surface area contributed by atoms with Crippen LogP contribution in [0, 0.1) is 40.4 Å². The lowest BCUT2D eigenvalue weighted by atomic mass is 9.44. The Hall–Kier alpha value is 0.137. The maximum atomic E-state index is 11.8. The quantitative estimate of drug-likeness (QED) is 0.388. The predicted molar refractivity (Wildman–Crippen MR) is 150 cm³/mol. The van der Waals surface area contributed by atoms with E-state index in [1.165, 1.54) is 77.0 Å². The van der Waals surface area contributed by atoms with Crippen molar-refractivity contribution in [3.63, 3.8) is 0 Å². The Morgan fingerprint density at radius 3 is 2.17 bits per heavy atom. The van der Waals surface area contributed by atoms with Gasteiger partial charge in [-0.1, -0.05) is 66.7 Å². The largest absolute Gasteiger partial charge is 0.413 e. The fraction of sp³-hybridized carbons (Fsp3) is 1.00. The molecule has 0 aliphatic heterocycles. The van der Waals surface area contributed by atoms with Crippen molar-refractivity contribution in [2.75, 3.05) is 0 Å². The minimum Gasteiger partial charge on any atom is -0.413 e. The van der Waals surface area contributed by atoms with Crippen molar-refractivity contribution in [2.24, 2.45) is 40.4 Å². The van der Waals surface area contributed by atoms with Crippen LogP contribution in [-0.4, -0.2) is 25.1 Å². The molecule has 0 bridgehead atoms. The molecule has 5 rings (SSSR count). The lowest BCUT2D eigenvalue weighted by molar-refractivity contribution is -0.158. The molecule has 0 amide bonds. The summed E-state index contributed by atoms with van der Waals surface area (Å²) >= 11 is 0. The summed E-state index contributed by atoms with van der Waals surface area (Å²) in [7, 11) is -1.74. The molecule has 0 aromatic heterocycles. The van der Waals surface area contributed by atoms with E-state index >= 15 is 0 Å². The van der Waals surface area contributed by atoms with Crippen molar-refractivity contribution in [3.8, 4) is 0 Å². The van der Waals surface area contributed by atoms with Crippen molar-refractivity contribution in [1.82, 2.24) is 0 Å². The normalized spacial score (nSPS) is 47.1. The highest BCUT2D eigenvalue weighted by molar-refractivity contribution is 6.74. The molecule has 0 aromatic rings. The molecule has 5 saturated carbocycles. The van der Waals surface area contributed by atoms with Gasteiger partial charge in [0.1, 0.15) is 0 Å². The molecule has 5 aliphatic carbocycles. The molecule has 5 fully saturated rings. The molecule has 2 nitrogen and oxygen atoms in total. The van der Waals surface area contributed by atoms with E-state index in [1.54, 1.807) is 0 Å². The Bertz CT molecular complexity index is 766. The Labute approximate surface area is 218 Å². The lowest BCUT2D eigenvalue weighted by Crippen LogP contribution is -2.57. The van der Waals surface area contributed by atoms with Gasteiger partial charge in [-0.15, -0.1) is 0 Å². The number of fused-ring (bicyclic) bond motifs is 5. The fourth-order valence-electron chi connectivity index (χ4n) is 10.1. The smallest absolute Gasteiger partial charge is 0.192 e. The Kier molecular flexibility index (Phi) is 6.96. The molecule has 0 unspecified atom stereocenters. The third-order valence-electron chi connectivity index (χ3n) is 13.4. The van der Waals surface area contributed by atoms with Crippen LogP contribution >= 0.6 is 0 Å². The van der Waals surface area contributed by atoms with Crippen LogP contribution in [-0.2, 0) is 4.43 Å². The Morgan fingerprint density at radius 2 is 1.49 bits per heavy atom. The number of aliphatic hydroxyl groups is 1. The second-order valence-electron chi connectivity index (χ2n) is 16.3. The molecule has 0 saturated heterocycles. The van der Waals surface area contributed by atoms with Crippen molar-refractivity contribution < 1.29 is 9.53 Å². The van der Waals surface area contributed by atoms with Crippen LogP contribution in [0.3, 0.4) is 0 Å². The van der Waals surface area contributed by atoms with Crippen molar-refractivity contribution >= 4 is 8.32 Å². The van der Waals surface area contributed by atoms with Gasteiger partial charge in [-0.2, -0.15) is 0 Å². The second kappa shape index (κ2) is 9.11. The van der Waals surface area contributed by atoms with Gasteiger partial charge < -0.3 is 9.53 Å². The summed E-state index contributed by atoms with van der Waals surface area (Å²) in [4.78, 5) is 0. The first-order chi connectivity index (χ1) is 16.3. The zero-order chi connectivity index (χ0) is 25.3. The average Bonchev–Trinajstić information content (AvgIpc) is 3.10. The summed E-state index contributed by atoms with van der Waals surface area (Å²) < 4.78 is 7.15. The zero-order valence-corrected chi connectivity index (χ0v) is 25.4. The molecule has 5 aliphatic rings.